The van der Waals surface area contributed by atoms with Crippen LogP contribution in [0, 0.1) is 13.8 Å². The summed E-state index contributed by atoms with van der Waals surface area (Å²) in [4.78, 5) is 22.0. The van der Waals surface area contributed by atoms with Gasteiger partial charge in [-0.2, -0.15) is 0 Å². The van der Waals surface area contributed by atoms with Gasteiger partial charge in [0.2, 0.25) is 0 Å². The predicted molar refractivity (Wildman–Crippen MR) is 125 cm³/mol. The topological polar surface area (TPSA) is 93.4 Å². The van der Waals surface area contributed by atoms with E-state index in [0.717, 1.165) is 95.8 Å². The lowest BCUT2D eigenvalue weighted by molar-refractivity contribution is 0.0383. The van der Waals surface area contributed by atoms with E-state index in [1.54, 1.807) is 0 Å². The molecule has 2 aliphatic rings. The number of aromatic amines is 2. The molecule has 32 heavy (non-hydrogen) atoms. The van der Waals surface area contributed by atoms with Crippen LogP contribution in [0.3, 0.4) is 0 Å². The third-order valence-corrected chi connectivity index (χ3v) is 6.55. The number of H-pyrrole nitrogens is 2. The van der Waals surface area contributed by atoms with Crippen molar-refractivity contribution in [3.05, 3.63) is 57.9 Å². The maximum absolute atomic E-state index is 13.1. The second-order valence-electron chi connectivity index (χ2n) is 8.74. The lowest BCUT2D eigenvalue weighted by Crippen LogP contribution is -2.41. The number of aryl methyl sites for hydroxylation is 2. The average Bonchev–Trinajstić information content (AvgIpc) is 3.29. The van der Waals surface area contributed by atoms with Gasteiger partial charge in [-0.3, -0.25) is 9.69 Å². The number of nitrogens with one attached hydrogen (secondary N) is 3. The van der Waals surface area contributed by atoms with Crippen molar-refractivity contribution in [2.75, 3.05) is 39.4 Å². The number of nitrogens with zero attached hydrogens (tertiary/aromatic N) is 1. The van der Waals surface area contributed by atoms with Crippen molar-refractivity contribution in [3.63, 3.8) is 0 Å². The highest BCUT2D eigenvalue weighted by molar-refractivity contribution is 6.03. The maximum atomic E-state index is 13.1. The molecule has 1 aliphatic heterocycles. The normalized spacial score (nSPS) is 16.8. The molecule has 3 aromatic rings. The highest BCUT2D eigenvalue weighted by Crippen LogP contribution is 2.41. The van der Waals surface area contributed by atoms with Gasteiger partial charge >= 0.3 is 0 Å². The van der Waals surface area contributed by atoms with E-state index in [1.807, 2.05) is 26.0 Å². The summed E-state index contributed by atoms with van der Waals surface area (Å²) in [5.41, 5.74) is 7.36. The monoisotopic (exact) mass is 434 g/mol. The molecule has 0 radical (unpaired) electrons. The van der Waals surface area contributed by atoms with E-state index < -0.39 is 0 Å². The molecule has 1 aromatic carbocycles. The third-order valence-electron chi connectivity index (χ3n) is 6.55. The number of hydrogen-bond acceptors (Lipinski definition) is 4. The van der Waals surface area contributed by atoms with E-state index in [1.165, 1.54) is 0 Å². The summed E-state index contributed by atoms with van der Waals surface area (Å²) in [6.45, 7) is 8.78. The van der Waals surface area contributed by atoms with E-state index >= 15 is 0 Å². The fourth-order valence-corrected chi connectivity index (χ4v) is 4.96. The first-order chi connectivity index (χ1) is 15.5. The Labute approximate surface area is 187 Å². The molecule has 1 amide bonds. The van der Waals surface area contributed by atoms with E-state index in [9.17, 15) is 9.90 Å². The van der Waals surface area contributed by atoms with E-state index in [2.05, 4.69) is 32.3 Å². The van der Waals surface area contributed by atoms with Crippen LogP contribution in [-0.4, -0.2) is 65.3 Å². The number of fused-ring (bicyclic) bond motifs is 2. The van der Waals surface area contributed by atoms with Gasteiger partial charge < -0.3 is 25.1 Å². The molecule has 1 fully saturated rings. The summed E-state index contributed by atoms with van der Waals surface area (Å²) < 4.78 is 5.39. The van der Waals surface area contributed by atoms with Crippen molar-refractivity contribution in [2.45, 2.75) is 26.7 Å². The molecule has 4 N–H and O–H groups in total. The zero-order valence-corrected chi connectivity index (χ0v) is 18.7. The summed E-state index contributed by atoms with van der Waals surface area (Å²) in [6.07, 6.45) is 3.78. The number of aromatic nitrogens is 2. The Morgan fingerprint density at radius 3 is 2.84 bits per heavy atom. The van der Waals surface area contributed by atoms with Gasteiger partial charge in [0.25, 0.3) is 5.91 Å². The van der Waals surface area contributed by atoms with Crippen molar-refractivity contribution >= 4 is 22.4 Å². The van der Waals surface area contributed by atoms with Crippen molar-refractivity contribution in [2.24, 2.45) is 0 Å². The number of rotatable bonds is 5. The maximum Gasteiger partial charge on any atom is 0.253 e. The first-order valence-corrected chi connectivity index (χ1v) is 11.3. The van der Waals surface area contributed by atoms with Crippen molar-refractivity contribution < 1.29 is 14.6 Å². The minimum atomic E-state index is -0.0338. The molecular weight excluding hydrogens is 404 g/mol. The van der Waals surface area contributed by atoms with E-state index in [0.29, 0.717) is 6.54 Å². The van der Waals surface area contributed by atoms with Crippen LogP contribution in [0.2, 0.25) is 0 Å². The molecule has 7 heteroatoms. The molecule has 1 saturated heterocycles. The largest absolute Gasteiger partial charge is 0.494 e. The third kappa shape index (κ3) is 3.72. The molecule has 0 atom stereocenters. The van der Waals surface area contributed by atoms with Gasteiger partial charge in [-0.15, -0.1) is 0 Å². The van der Waals surface area contributed by atoms with Crippen LogP contribution in [0.5, 0.6) is 5.88 Å². The van der Waals surface area contributed by atoms with Gasteiger partial charge in [0.15, 0.2) is 5.88 Å². The molecule has 168 valence electrons. The lowest BCUT2D eigenvalue weighted by Gasteiger charge is -2.26. The van der Waals surface area contributed by atoms with E-state index in [-0.39, 0.29) is 11.8 Å². The Kier molecular flexibility index (Phi) is 5.53. The molecule has 1 aliphatic carbocycles. The number of morpholine rings is 1. The highest BCUT2D eigenvalue weighted by Gasteiger charge is 2.28. The van der Waals surface area contributed by atoms with Crippen molar-refractivity contribution in [1.29, 1.82) is 0 Å². The Morgan fingerprint density at radius 2 is 2.03 bits per heavy atom. The molecule has 2 aromatic heterocycles. The van der Waals surface area contributed by atoms with Crippen molar-refractivity contribution in [1.82, 2.24) is 20.2 Å². The fraction of sp³-hybridized carbons (Fsp3) is 0.400. The number of amides is 1. The Balaban J connectivity index is 1.42. The summed E-state index contributed by atoms with van der Waals surface area (Å²) in [5.74, 6) is 0.127. The summed E-state index contributed by atoms with van der Waals surface area (Å²) in [5, 5.41) is 14.8. The fourth-order valence-electron chi connectivity index (χ4n) is 4.96. The molecular formula is C25H30N4O3. The number of allylic oxidation sites excluding steroid dienone is 1. The smallest absolute Gasteiger partial charge is 0.253 e. The number of carbonyl (C=O) groups is 1. The Hall–Kier alpha value is -3.03. The minimum absolute atomic E-state index is 0.0338. The minimum Gasteiger partial charge on any atom is -0.494 e. The first-order valence-electron chi connectivity index (χ1n) is 11.3. The molecule has 0 bridgehead atoms. The number of hydrogen-bond donors (Lipinski definition) is 4. The summed E-state index contributed by atoms with van der Waals surface area (Å²) >= 11 is 0. The van der Waals surface area contributed by atoms with Gasteiger partial charge in [0.05, 0.1) is 30.0 Å². The molecule has 0 unspecified atom stereocenters. The van der Waals surface area contributed by atoms with Gasteiger partial charge in [0.1, 0.15) is 0 Å². The number of carbonyl (C=O) groups excluding carboxylic acids is 1. The summed E-state index contributed by atoms with van der Waals surface area (Å²) in [7, 11) is 0. The van der Waals surface area contributed by atoms with Gasteiger partial charge in [-0.1, -0.05) is 17.7 Å². The standard InChI is InChI=1S/C25H30N4O3/c1-15-6-7-20-19(14-15)22(25(31)28-20)18-5-3-4-17-21(16(2)27-23(17)18)24(30)26-8-9-29-10-12-32-13-11-29/h5-7,14,27-28,31H,3-4,8-13H2,1-2H3,(H,26,30). The Morgan fingerprint density at radius 1 is 1.22 bits per heavy atom. The lowest BCUT2D eigenvalue weighted by atomic mass is 9.89. The molecule has 3 heterocycles. The van der Waals surface area contributed by atoms with Crippen LogP contribution in [-0.2, 0) is 11.2 Å². The van der Waals surface area contributed by atoms with Crippen LogP contribution in [0.1, 0.15) is 44.9 Å². The van der Waals surface area contributed by atoms with Crippen molar-refractivity contribution in [3.8, 4) is 5.88 Å². The quantitative estimate of drug-likeness (QED) is 0.496. The number of benzene rings is 1. The molecule has 5 rings (SSSR count). The van der Waals surface area contributed by atoms with Crippen LogP contribution in [0.15, 0.2) is 24.3 Å². The van der Waals surface area contributed by atoms with Crippen LogP contribution >= 0.6 is 0 Å². The molecule has 0 saturated carbocycles. The highest BCUT2D eigenvalue weighted by atomic mass is 16.5. The number of ether oxygens (including phenoxy) is 1. The van der Waals surface area contributed by atoms with Crippen LogP contribution in [0.4, 0.5) is 0 Å². The predicted octanol–water partition coefficient (Wildman–Crippen LogP) is 3.26. The second kappa shape index (κ2) is 8.48. The zero-order valence-electron chi connectivity index (χ0n) is 18.7. The van der Waals surface area contributed by atoms with Gasteiger partial charge in [-0.25, -0.2) is 0 Å². The van der Waals surface area contributed by atoms with Crippen LogP contribution in [0.25, 0.3) is 16.5 Å². The first kappa shape index (κ1) is 20.8. The van der Waals surface area contributed by atoms with E-state index in [4.69, 9.17) is 4.74 Å². The average molecular weight is 435 g/mol. The second-order valence-corrected chi connectivity index (χ2v) is 8.74. The Bertz CT molecular complexity index is 1200. The van der Waals surface area contributed by atoms with Gasteiger partial charge in [0, 0.05) is 48.3 Å². The number of aromatic hydroxyl groups is 1. The summed E-state index contributed by atoms with van der Waals surface area (Å²) in [6, 6.07) is 6.11. The molecule has 7 nitrogen and oxygen atoms in total. The zero-order chi connectivity index (χ0) is 22.2. The SMILES string of the molecule is Cc1ccc2[nH]c(O)c(C3=CCCc4c3[nH]c(C)c4C(=O)NCCN3CCOCC3)c2c1. The van der Waals surface area contributed by atoms with Crippen LogP contribution < -0.4 is 5.32 Å². The molecule has 0 spiro atoms. The van der Waals surface area contributed by atoms with Gasteiger partial charge in [-0.05, 0) is 44.4 Å².